The molecule has 2 heterocycles. The van der Waals surface area contributed by atoms with Gasteiger partial charge >= 0.3 is 0 Å². The maximum Gasteiger partial charge on any atom is 0.106 e. The molecule has 1 fully saturated rings. The van der Waals surface area contributed by atoms with Gasteiger partial charge in [-0.3, -0.25) is 0 Å². The third kappa shape index (κ3) is 3.00. The van der Waals surface area contributed by atoms with E-state index in [0.717, 1.165) is 29.9 Å². The molecule has 3 nitrogen and oxygen atoms in total. The Labute approximate surface area is 98.4 Å². The molecule has 0 spiro atoms. The highest BCUT2D eigenvalue weighted by atomic mass is 79.9. The molecule has 15 heavy (non-hydrogen) atoms. The first-order valence-corrected chi connectivity index (χ1v) is 6.01. The van der Waals surface area contributed by atoms with E-state index >= 15 is 0 Å². The molecular formula is C11H15BrN2O. The smallest absolute Gasteiger partial charge is 0.106 e. The number of ether oxygens (including phenoxy) is 1. The van der Waals surface area contributed by atoms with Crippen LogP contribution in [0.1, 0.15) is 19.0 Å². The van der Waals surface area contributed by atoms with Crippen LogP contribution in [-0.2, 0) is 11.3 Å². The number of pyridine rings is 1. The van der Waals surface area contributed by atoms with Crippen molar-refractivity contribution in [3.8, 4) is 0 Å². The monoisotopic (exact) mass is 270 g/mol. The molecule has 2 rings (SSSR count). The quantitative estimate of drug-likeness (QED) is 0.855. The summed E-state index contributed by atoms with van der Waals surface area (Å²) in [4.78, 5) is 4.37. The topological polar surface area (TPSA) is 34.1 Å². The Morgan fingerprint density at radius 3 is 3.13 bits per heavy atom. The molecule has 1 aromatic heterocycles. The highest BCUT2D eigenvalue weighted by Gasteiger charge is 2.23. The van der Waals surface area contributed by atoms with Gasteiger partial charge in [-0.05, 0) is 41.4 Å². The van der Waals surface area contributed by atoms with Crippen LogP contribution in [0.2, 0.25) is 0 Å². The minimum absolute atomic E-state index is 0.317. The summed E-state index contributed by atoms with van der Waals surface area (Å²) in [7, 11) is 0. The van der Waals surface area contributed by atoms with Crippen LogP contribution in [0, 0.1) is 0 Å². The summed E-state index contributed by atoms with van der Waals surface area (Å²) in [6.07, 6.45) is 1.41. The molecule has 82 valence electrons. The first kappa shape index (κ1) is 11.0. The van der Waals surface area contributed by atoms with Gasteiger partial charge in [0.15, 0.2) is 0 Å². The van der Waals surface area contributed by atoms with Gasteiger partial charge in [0, 0.05) is 19.2 Å². The van der Waals surface area contributed by atoms with Crippen LogP contribution in [0.3, 0.4) is 0 Å². The maximum absolute atomic E-state index is 5.49. The van der Waals surface area contributed by atoms with E-state index in [1.807, 2.05) is 18.2 Å². The normalized spacial score (nSPS) is 25.7. The largest absolute Gasteiger partial charge is 0.377 e. The fraction of sp³-hybridized carbons (Fsp3) is 0.545. The summed E-state index contributed by atoms with van der Waals surface area (Å²) in [5.41, 5.74) is 1.06. The van der Waals surface area contributed by atoms with Gasteiger partial charge in [0.05, 0.1) is 11.8 Å². The number of nitrogens with zero attached hydrogens (tertiary/aromatic N) is 1. The van der Waals surface area contributed by atoms with Crippen molar-refractivity contribution >= 4 is 15.9 Å². The maximum atomic E-state index is 5.49. The Balaban J connectivity index is 1.87. The Morgan fingerprint density at radius 1 is 1.60 bits per heavy atom. The Kier molecular flexibility index (Phi) is 3.72. The highest BCUT2D eigenvalue weighted by molar-refractivity contribution is 9.10. The van der Waals surface area contributed by atoms with Crippen LogP contribution in [-0.4, -0.2) is 23.7 Å². The molecule has 2 unspecified atom stereocenters. The number of nitrogens with one attached hydrogen (secondary N) is 1. The third-order valence-electron chi connectivity index (χ3n) is 2.69. The van der Waals surface area contributed by atoms with Crippen LogP contribution in [0.4, 0.5) is 0 Å². The molecule has 0 aromatic carbocycles. The zero-order chi connectivity index (χ0) is 10.7. The van der Waals surface area contributed by atoms with Crippen molar-refractivity contribution in [2.45, 2.75) is 32.0 Å². The summed E-state index contributed by atoms with van der Waals surface area (Å²) >= 11 is 3.36. The predicted octanol–water partition coefficient (Wildman–Crippen LogP) is 2.11. The average molecular weight is 271 g/mol. The fourth-order valence-corrected chi connectivity index (χ4v) is 2.16. The molecule has 1 aromatic rings. The molecule has 0 amide bonds. The van der Waals surface area contributed by atoms with Crippen molar-refractivity contribution in [1.29, 1.82) is 0 Å². The van der Waals surface area contributed by atoms with E-state index in [0.29, 0.717) is 12.1 Å². The van der Waals surface area contributed by atoms with Crippen molar-refractivity contribution in [3.63, 3.8) is 0 Å². The zero-order valence-electron chi connectivity index (χ0n) is 8.74. The molecule has 0 radical (unpaired) electrons. The van der Waals surface area contributed by atoms with E-state index in [1.54, 1.807) is 0 Å². The minimum Gasteiger partial charge on any atom is -0.377 e. The lowest BCUT2D eigenvalue weighted by molar-refractivity contribution is 0.113. The predicted molar refractivity (Wildman–Crippen MR) is 62.6 cm³/mol. The van der Waals surface area contributed by atoms with E-state index in [-0.39, 0.29) is 0 Å². The van der Waals surface area contributed by atoms with E-state index in [4.69, 9.17) is 4.74 Å². The second-order valence-corrected chi connectivity index (χ2v) is 4.62. The second-order valence-electron chi connectivity index (χ2n) is 3.80. The van der Waals surface area contributed by atoms with Crippen LogP contribution in [0.15, 0.2) is 22.8 Å². The van der Waals surface area contributed by atoms with E-state index in [9.17, 15) is 0 Å². The first-order valence-electron chi connectivity index (χ1n) is 5.22. The highest BCUT2D eigenvalue weighted by Crippen LogP contribution is 2.13. The average Bonchev–Trinajstić information content (AvgIpc) is 2.61. The van der Waals surface area contributed by atoms with E-state index in [1.165, 1.54) is 0 Å². The van der Waals surface area contributed by atoms with Gasteiger partial charge in [0.25, 0.3) is 0 Å². The lowest BCUT2D eigenvalue weighted by atomic mass is 10.1. The van der Waals surface area contributed by atoms with Crippen LogP contribution in [0.25, 0.3) is 0 Å². The van der Waals surface area contributed by atoms with Crippen molar-refractivity contribution in [1.82, 2.24) is 10.3 Å². The second kappa shape index (κ2) is 5.05. The van der Waals surface area contributed by atoms with Crippen molar-refractivity contribution in [2.24, 2.45) is 0 Å². The number of rotatable bonds is 3. The summed E-state index contributed by atoms with van der Waals surface area (Å²) < 4.78 is 6.37. The lowest BCUT2D eigenvalue weighted by Crippen LogP contribution is -2.34. The number of aromatic nitrogens is 1. The van der Waals surface area contributed by atoms with Gasteiger partial charge in [0.2, 0.25) is 0 Å². The van der Waals surface area contributed by atoms with Gasteiger partial charge in [-0.25, -0.2) is 4.98 Å². The van der Waals surface area contributed by atoms with Gasteiger partial charge in [-0.1, -0.05) is 6.07 Å². The van der Waals surface area contributed by atoms with Crippen LogP contribution in [0.5, 0.6) is 0 Å². The van der Waals surface area contributed by atoms with Crippen LogP contribution < -0.4 is 5.32 Å². The van der Waals surface area contributed by atoms with E-state index < -0.39 is 0 Å². The van der Waals surface area contributed by atoms with Crippen molar-refractivity contribution in [2.75, 3.05) is 6.61 Å². The van der Waals surface area contributed by atoms with E-state index in [2.05, 4.69) is 33.2 Å². The van der Waals surface area contributed by atoms with Gasteiger partial charge in [0.1, 0.15) is 4.60 Å². The third-order valence-corrected chi connectivity index (χ3v) is 3.14. The SMILES string of the molecule is CC1OCCC1NCc1cccc(Br)n1. The molecule has 0 aliphatic carbocycles. The van der Waals surface area contributed by atoms with Crippen molar-refractivity contribution < 1.29 is 4.74 Å². The molecule has 1 aliphatic rings. The number of hydrogen-bond acceptors (Lipinski definition) is 3. The molecule has 0 bridgehead atoms. The Hall–Kier alpha value is -0.450. The molecule has 1 aliphatic heterocycles. The minimum atomic E-state index is 0.317. The standard InChI is InChI=1S/C11H15BrN2O/c1-8-10(5-6-15-8)13-7-9-3-2-4-11(12)14-9/h2-4,8,10,13H,5-7H2,1H3. The fourth-order valence-electron chi connectivity index (χ4n) is 1.78. The molecular weight excluding hydrogens is 256 g/mol. The van der Waals surface area contributed by atoms with Crippen molar-refractivity contribution in [3.05, 3.63) is 28.5 Å². The zero-order valence-corrected chi connectivity index (χ0v) is 10.3. The summed E-state index contributed by atoms with van der Waals surface area (Å²) in [5.74, 6) is 0. The summed E-state index contributed by atoms with van der Waals surface area (Å²) in [5, 5.41) is 3.47. The van der Waals surface area contributed by atoms with Crippen LogP contribution >= 0.6 is 15.9 Å². The molecule has 4 heteroatoms. The Bertz CT molecular complexity index is 332. The molecule has 0 saturated carbocycles. The van der Waals surface area contributed by atoms with Gasteiger partial charge in [-0.2, -0.15) is 0 Å². The van der Waals surface area contributed by atoms with Gasteiger partial charge in [-0.15, -0.1) is 0 Å². The number of halogens is 1. The summed E-state index contributed by atoms with van der Waals surface area (Å²) in [6, 6.07) is 6.43. The summed E-state index contributed by atoms with van der Waals surface area (Å²) in [6.45, 7) is 3.78. The first-order chi connectivity index (χ1) is 7.25. The number of hydrogen-bond donors (Lipinski definition) is 1. The van der Waals surface area contributed by atoms with Gasteiger partial charge < -0.3 is 10.1 Å². The lowest BCUT2D eigenvalue weighted by Gasteiger charge is -2.15. The molecule has 1 N–H and O–H groups in total. The Morgan fingerprint density at radius 2 is 2.47 bits per heavy atom. The molecule has 1 saturated heterocycles. The molecule has 2 atom stereocenters.